The molecule has 0 fully saturated rings. The number of anilines is 1. The molecule has 4 nitrogen and oxygen atoms in total. The normalized spacial score (nSPS) is 11.1. The maximum Gasteiger partial charge on any atom is 0.282 e. The summed E-state index contributed by atoms with van der Waals surface area (Å²) in [6.07, 6.45) is -1.95. The molecule has 0 saturated carbocycles. The third-order valence-electron chi connectivity index (χ3n) is 3.76. The minimum absolute atomic E-state index is 0.0664. The number of amides is 1. The van der Waals surface area contributed by atoms with Crippen LogP contribution in [0.5, 0.6) is 0 Å². The lowest BCUT2D eigenvalue weighted by atomic mass is 10.0. The van der Waals surface area contributed by atoms with E-state index >= 15 is 0 Å². The van der Waals surface area contributed by atoms with Crippen LogP contribution in [0.1, 0.15) is 22.5 Å². The number of benzene rings is 2. The molecule has 3 aromatic rings. The van der Waals surface area contributed by atoms with Crippen LogP contribution >= 0.6 is 0 Å². The number of rotatable bonds is 4. The van der Waals surface area contributed by atoms with Crippen molar-refractivity contribution in [3.8, 4) is 11.1 Å². The second-order valence-electron chi connectivity index (χ2n) is 5.67. The average Bonchev–Trinajstić information content (AvgIpc) is 3.00. The summed E-state index contributed by atoms with van der Waals surface area (Å²) in [5, 5.41) is 5.69. The zero-order valence-electron chi connectivity index (χ0n) is 13.8. The van der Waals surface area contributed by atoms with Gasteiger partial charge in [-0.3, -0.25) is 9.48 Å². The number of aryl methyl sites for hydroxylation is 1. The van der Waals surface area contributed by atoms with Gasteiger partial charge in [0.15, 0.2) is 0 Å². The van der Waals surface area contributed by atoms with Gasteiger partial charge in [0.2, 0.25) is 0 Å². The van der Waals surface area contributed by atoms with Gasteiger partial charge in [-0.2, -0.15) is 5.10 Å². The Kier molecular flexibility index (Phi) is 4.93. The Morgan fingerprint density at radius 1 is 1.07 bits per heavy atom. The SMILES string of the molecule is Cn1cc(C(=O)Nc2c(F)cc(F)cc2-c2ccc(F)cc2)c(C(F)F)n1. The van der Waals surface area contributed by atoms with Crippen LogP contribution in [0.25, 0.3) is 11.1 Å². The zero-order valence-corrected chi connectivity index (χ0v) is 13.8. The number of nitrogens with zero attached hydrogens (tertiary/aromatic N) is 2. The van der Waals surface area contributed by atoms with Crippen LogP contribution in [0.2, 0.25) is 0 Å². The van der Waals surface area contributed by atoms with Gasteiger partial charge < -0.3 is 5.32 Å². The van der Waals surface area contributed by atoms with Gasteiger partial charge in [0.1, 0.15) is 23.1 Å². The number of nitrogens with one attached hydrogen (secondary N) is 1. The second-order valence-corrected chi connectivity index (χ2v) is 5.67. The van der Waals surface area contributed by atoms with Crippen molar-refractivity contribution in [2.75, 3.05) is 5.32 Å². The maximum absolute atomic E-state index is 14.3. The van der Waals surface area contributed by atoms with Crippen molar-refractivity contribution < 1.29 is 26.7 Å². The summed E-state index contributed by atoms with van der Waals surface area (Å²) in [5.41, 5.74) is -1.46. The molecule has 0 aliphatic carbocycles. The van der Waals surface area contributed by atoms with E-state index in [4.69, 9.17) is 0 Å². The Labute approximate surface area is 150 Å². The summed E-state index contributed by atoms with van der Waals surface area (Å²) >= 11 is 0. The molecule has 0 bridgehead atoms. The topological polar surface area (TPSA) is 46.9 Å². The van der Waals surface area contributed by atoms with Crippen LogP contribution in [-0.4, -0.2) is 15.7 Å². The third kappa shape index (κ3) is 3.81. The molecule has 1 heterocycles. The van der Waals surface area contributed by atoms with Crippen molar-refractivity contribution in [1.29, 1.82) is 0 Å². The zero-order chi connectivity index (χ0) is 19.7. The Morgan fingerprint density at radius 2 is 1.74 bits per heavy atom. The molecule has 1 N–H and O–H groups in total. The third-order valence-corrected chi connectivity index (χ3v) is 3.76. The first-order chi connectivity index (χ1) is 12.8. The van der Waals surface area contributed by atoms with Gasteiger partial charge in [0, 0.05) is 24.9 Å². The van der Waals surface area contributed by atoms with E-state index < -0.39 is 46.7 Å². The lowest BCUT2D eigenvalue weighted by Crippen LogP contribution is -2.15. The molecule has 9 heteroatoms. The van der Waals surface area contributed by atoms with E-state index in [0.717, 1.165) is 29.1 Å². The van der Waals surface area contributed by atoms with Gasteiger partial charge in [-0.05, 0) is 23.8 Å². The molecule has 0 aliphatic heterocycles. The predicted octanol–water partition coefficient (Wildman–Crippen LogP) is 4.69. The highest BCUT2D eigenvalue weighted by Crippen LogP contribution is 2.32. The van der Waals surface area contributed by atoms with E-state index in [1.165, 1.54) is 19.2 Å². The number of carbonyl (C=O) groups excluding carboxylic acids is 1. The number of halogens is 5. The van der Waals surface area contributed by atoms with Gasteiger partial charge in [0.05, 0.1) is 11.3 Å². The van der Waals surface area contributed by atoms with Gasteiger partial charge in [-0.15, -0.1) is 0 Å². The number of carbonyl (C=O) groups is 1. The molecule has 0 spiro atoms. The average molecular weight is 381 g/mol. The molecule has 27 heavy (non-hydrogen) atoms. The fourth-order valence-corrected chi connectivity index (χ4v) is 2.58. The Morgan fingerprint density at radius 3 is 2.37 bits per heavy atom. The molecule has 0 atom stereocenters. The fraction of sp³-hybridized carbons (Fsp3) is 0.111. The van der Waals surface area contributed by atoms with Crippen molar-refractivity contribution >= 4 is 11.6 Å². The van der Waals surface area contributed by atoms with E-state index in [2.05, 4.69) is 10.4 Å². The quantitative estimate of drug-likeness (QED) is 0.667. The predicted molar refractivity (Wildman–Crippen MR) is 87.9 cm³/mol. The van der Waals surface area contributed by atoms with Crippen molar-refractivity contribution in [2.24, 2.45) is 7.05 Å². The van der Waals surface area contributed by atoms with E-state index in [1.54, 1.807) is 0 Å². The highest BCUT2D eigenvalue weighted by Gasteiger charge is 2.24. The number of alkyl halides is 2. The fourth-order valence-electron chi connectivity index (χ4n) is 2.58. The highest BCUT2D eigenvalue weighted by molar-refractivity contribution is 6.07. The number of aromatic nitrogens is 2. The standard InChI is InChI=1S/C18H12F5N3O/c1-26-8-13(16(25-26)17(22)23)18(27)24-15-12(6-11(20)7-14(15)21)9-2-4-10(19)5-3-9/h2-8,17H,1H3,(H,24,27). The van der Waals surface area contributed by atoms with Crippen LogP contribution < -0.4 is 5.32 Å². The summed E-state index contributed by atoms with van der Waals surface area (Å²) in [6, 6.07) is 6.20. The molecule has 3 rings (SSSR count). The van der Waals surface area contributed by atoms with E-state index in [-0.39, 0.29) is 11.1 Å². The largest absolute Gasteiger partial charge is 0.319 e. The van der Waals surface area contributed by atoms with Crippen molar-refractivity contribution in [3.05, 3.63) is 71.3 Å². The van der Waals surface area contributed by atoms with Crippen molar-refractivity contribution in [3.63, 3.8) is 0 Å². The van der Waals surface area contributed by atoms with E-state index in [9.17, 15) is 26.7 Å². The monoisotopic (exact) mass is 381 g/mol. The van der Waals surface area contributed by atoms with Crippen molar-refractivity contribution in [2.45, 2.75) is 6.43 Å². The summed E-state index contributed by atoms with van der Waals surface area (Å²) < 4.78 is 68.2. The Hall–Kier alpha value is -3.23. The first-order valence-corrected chi connectivity index (χ1v) is 7.64. The first-order valence-electron chi connectivity index (χ1n) is 7.64. The molecule has 0 radical (unpaired) electrons. The minimum Gasteiger partial charge on any atom is -0.319 e. The van der Waals surface area contributed by atoms with Crippen LogP contribution in [0.3, 0.4) is 0 Å². The van der Waals surface area contributed by atoms with E-state index in [1.807, 2.05) is 0 Å². The highest BCUT2D eigenvalue weighted by atomic mass is 19.3. The lowest BCUT2D eigenvalue weighted by Gasteiger charge is -2.13. The van der Waals surface area contributed by atoms with Crippen molar-refractivity contribution in [1.82, 2.24) is 9.78 Å². The summed E-state index contributed by atoms with van der Waals surface area (Å²) in [6.45, 7) is 0. The van der Waals surface area contributed by atoms with E-state index in [0.29, 0.717) is 6.07 Å². The molecule has 0 saturated heterocycles. The molecular formula is C18H12F5N3O. The molecule has 0 unspecified atom stereocenters. The van der Waals surface area contributed by atoms with Crippen LogP contribution in [0, 0.1) is 17.5 Å². The lowest BCUT2D eigenvalue weighted by molar-refractivity contribution is 0.101. The smallest absolute Gasteiger partial charge is 0.282 e. The minimum atomic E-state index is -3.01. The molecule has 0 aliphatic rings. The first kappa shape index (κ1) is 18.6. The number of hydrogen-bond donors (Lipinski definition) is 1. The van der Waals surface area contributed by atoms with Gasteiger partial charge in [0.25, 0.3) is 12.3 Å². The van der Waals surface area contributed by atoms with Crippen LogP contribution in [0.4, 0.5) is 27.6 Å². The number of hydrogen-bond acceptors (Lipinski definition) is 2. The molecule has 1 amide bonds. The second kappa shape index (κ2) is 7.18. The Bertz CT molecular complexity index is 999. The summed E-state index contributed by atoms with van der Waals surface area (Å²) in [5.74, 6) is -3.62. The summed E-state index contributed by atoms with van der Waals surface area (Å²) in [4.78, 5) is 12.4. The molecule has 1 aromatic heterocycles. The maximum atomic E-state index is 14.3. The molecule has 140 valence electrons. The van der Waals surface area contributed by atoms with Crippen LogP contribution in [0.15, 0.2) is 42.6 Å². The Balaban J connectivity index is 2.04. The van der Waals surface area contributed by atoms with Gasteiger partial charge >= 0.3 is 0 Å². The molecular weight excluding hydrogens is 369 g/mol. The van der Waals surface area contributed by atoms with Gasteiger partial charge in [-0.1, -0.05) is 12.1 Å². The van der Waals surface area contributed by atoms with Crippen LogP contribution in [-0.2, 0) is 7.05 Å². The molecule has 2 aromatic carbocycles. The van der Waals surface area contributed by atoms with Gasteiger partial charge in [-0.25, -0.2) is 22.0 Å². The summed E-state index contributed by atoms with van der Waals surface area (Å²) in [7, 11) is 1.35.